The number of hydrogen-bond acceptors (Lipinski definition) is 9. The van der Waals surface area contributed by atoms with Gasteiger partial charge in [-0.05, 0) is 50.5 Å². The number of nitrogens with one attached hydrogen (secondary N) is 2. The lowest BCUT2D eigenvalue weighted by Crippen LogP contribution is -2.39. The van der Waals surface area contributed by atoms with Crippen LogP contribution in [0.1, 0.15) is 53.5 Å². The van der Waals surface area contributed by atoms with Gasteiger partial charge in [-0.25, -0.2) is 14.6 Å². The predicted molar refractivity (Wildman–Crippen MR) is 171 cm³/mol. The average Bonchev–Trinajstić information content (AvgIpc) is 3.46. The first-order valence-electron chi connectivity index (χ1n) is 13.8. The lowest BCUT2D eigenvalue weighted by molar-refractivity contribution is 0.0980. The highest BCUT2D eigenvalue weighted by Crippen LogP contribution is 2.31. The molecule has 1 aromatic carbocycles. The lowest BCUT2D eigenvalue weighted by Gasteiger charge is -2.34. The van der Waals surface area contributed by atoms with Crippen LogP contribution in [0.15, 0.2) is 41.3 Å². The number of aryl methyl sites for hydroxylation is 1. The van der Waals surface area contributed by atoms with Gasteiger partial charge < -0.3 is 15.1 Å². The molecule has 0 spiro atoms. The van der Waals surface area contributed by atoms with E-state index in [2.05, 4.69) is 34.6 Å². The van der Waals surface area contributed by atoms with Crippen LogP contribution in [-0.2, 0) is 7.05 Å². The van der Waals surface area contributed by atoms with Gasteiger partial charge in [-0.1, -0.05) is 29.6 Å². The van der Waals surface area contributed by atoms with Crippen molar-refractivity contribution in [2.75, 3.05) is 48.6 Å². The number of hydrogen-bond donors (Lipinski definition) is 2. The number of carbonyl (C=O) groups excluding carboxylic acids is 1. The zero-order chi connectivity index (χ0) is 30.1. The summed E-state index contributed by atoms with van der Waals surface area (Å²) in [4.78, 5) is 40.0. The van der Waals surface area contributed by atoms with E-state index in [1.165, 1.54) is 11.9 Å². The van der Waals surface area contributed by atoms with Crippen LogP contribution in [-0.4, -0.2) is 63.7 Å². The van der Waals surface area contributed by atoms with Crippen LogP contribution in [0.25, 0.3) is 10.9 Å². The summed E-state index contributed by atoms with van der Waals surface area (Å²) in [7, 11) is 5.83. The van der Waals surface area contributed by atoms with Crippen LogP contribution in [0, 0.1) is 6.92 Å². The van der Waals surface area contributed by atoms with Crippen molar-refractivity contribution < 1.29 is 4.79 Å². The first-order chi connectivity index (χ1) is 20.1. The molecule has 11 nitrogen and oxygen atoms in total. The molecule has 0 saturated carbocycles. The fraction of sp³-hybridized carbons (Fsp3) is 0.414. The summed E-state index contributed by atoms with van der Waals surface area (Å²) in [6.45, 7) is 5.45. The number of carbonyl (C=O) groups is 1. The van der Waals surface area contributed by atoms with Gasteiger partial charge in [0.2, 0.25) is 5.95 Å². The number of aromatic nitrogens is 5. The summed E-state index contributed by atoms with van der Waals surface area (Å²) >= 11 is 7.30. The fourth-order valence-electron chi connectivity index (χ4n) is 5.58. The quantitative estimate of drug-likeness (QED) is 0.219. The number of amides is 1. The van der Waals surface area contributed by atoms with Gasteiger partial charge in [-0.15, -0.1) is 0 Å². The van der Waals surface area contributed by atoms with Crippen LogP contribution >= 0.6 is 23.5 Å². The Kier molecular flexibility index (Phi) is 8.65. The molecule has 0 aliphatic carbocycles. The Morgan fingerprint density at radius 2 is 1.90 bits per heavy atom. The maximum Gasteiger partial charge on any atom is 0.281 e. The Bertz CT molecular complexity index is 1680. The van der Waals surface area contributed by atoms with Gasteiger partial charge >= 0.3 is 0 Å². The molecule has 1 fully saturated rings. The number of pyridine rings is 1. The van der Waals surface area contributed by atoms with E-state index >= 15 is 0 Å². The summed E-state index contributed by atoms with van der Waals surface area (Å²) in [5.41, 5.74) is 3.09. The molecule has 1 aliphatic rings. The molecular formula is C29H36ClN9O2S. The molecule has 1 atom stereocenters. The summed E-state index contributed by atoms with van der Waals surface area (Å²) < 4.78 is 6.45. The van der Waals surface area contributed by atoms with E-state index in [1.54, 1.807) is 30.0 Å². The van der Waals surface area contributed by atoms with Crippen LogP contribution in [0.5, 0.6) is 0 Å². The van der Waals surface area contributed by atoms with E-state index < -0.39 is 0 Å². The molecule has 1 saturated heterocycles. The predicted octanol–water partition coefficient (Wildman–Crippen LogP) is 4.58. The highest BCUT2D eigenvalue weighted by molar-refractivity contribution is 7.97. The van der Waals surface area contributed by atoms with Gasteiger partial charge in [0.25, 0.3) is 11.5 Å². The standard InChI is InChI=1S/C29H36ClN9O2S/c1-17-15-20(18(2)32-22-7-8-23(30)33-26(22)27(40)35-42-6)25-21(16-17)28(41)37(5)29(34-25)38-13-10-19(11-14-38)39-24(36(3)4)9-12-31-39/h7-9,12,15-16,18-19,32H,10-11,13-14H2,1-6H3,(H,35,40). The number of benzene rings is 1. The maximum atomic E-state index is 13.7. The van der Waals surface area contributed by atoms with Crippen LogP contribution in [0.3, 0.4) is 0 Å². The molecule has 4 heterocycles. The highest BCUT2D eigenvalue weighted by Gasteiger charge is 2.27. The van der Waals surface area contributed by atoms with Crippen molar-refractivity contribution in [2.45, 2.75) is 38.8 Å². The van der Waals surface area contributed by atoms with E-state index in [1.807, 2.05) is 52.3 Å². The average molecular weight is 610 g/mol. The molecule has 2 N–H and O–H groups in total. The van der Waals surface area contributed by atoms with Crippen LogP contribution in [0.2, 0.25) is 5.15 Å². The molecule has 222 valence electrons. The van der Waals surface area contributed by atoms with Crippen molar-refractivity contribution in [3.05, 3.63) is 68.9 Å². The van der Waals surface area contributed by atoms with E-state index in [-0.39, 0.29) is 34.4 Å². The lowest BCUT2D eigenvalue weighted by atomic mass is 10.0. The molecule has 0 radical (unpaired) electrons. The van der Waals surface area contributed by atoms with E-state index in [0.717, 1.165) is 42.9 Å². The Balaban J connectivity index is 1.48. The molecular weight excluding hydrogens is 574 g/mol. The minimum absolute atomic E-state index is 0.0931. The first-order valence-corrected chi connectivity index (χ1v) is 15.4. The molecule has 1 unspecified atom stereocenters. The van der Waals surface area contributed by atoms with Gasteiger partial charge in [0.1, 0.15) is 11.0 Å². The largest absolute Gasteiger partial charge is 0.377 e. The second-order valence-electron chi connectivity index (χ2n) is 10.8. The Labute approximate surface area is 254 Å². The Morgan fingerprint density at radius 3 is 2.60 bits per heavy atom. The van der Waals surface area contributed by atoms with Crippen LogP contribution < -0.4 is 25.4 Å². The summed E-state index contributed by atoms with van der Waals surface area (Å²) in [5, 5.41) is 8.78. The summed E-state index contributed by atoms with van der Waals surface area (Å²) in [6.07, 6.45) is 5.38. The number of fused-ring (bicyclic) bond motifs is 1. The molecule has 1 aliphatic heterocycles. The minimum atomic E-state index is -0.348. The van der Waals surface area contributed by atoms with Crippen molar-refractivity contribution in [3.8, 4) is 0 Å². The normalized spacial score (nSPS) is 14.7. The molecule has 1 amide bonds. The van der Waals surface area contributed by atoms with Gasteiger partial charge in [-0.3, -0.25) is 18.9 Å². The number of anilines is 3. The van der Waals surface area contributed by atoms with Gasteiger partial charge in [-0.2, -0.15) is 5.10 Å². The van der Waals surface area contributed by atoms with E-state index in [4.69, 9.17) is 16.6 Å². The highest BCUT2D eigenvalue weighted by atomic mass is 35.5. The minimum Gasteiger partial charge on any atom is -0.377 e. The van der Waals surface area contributed by atoms with Crippen molar-refractivity contribution in [1.82, 2.24) is 29.0 Å². The summed E-state index contributed by atoms with van der Waals surface area (Å²) in [5.74, 6) is 1.38. The third kappa shape index (κ3) is 5.78. The topological polar surface area (TPSA) is 113 Å². The number of piperidine rings is 1. The van der Waals surface area contributed by atoms with Gasteiger partial charge in [0, 0.05) is 52.1 Å². The number of halogens is 1. The van der Waals surface area contributed by atoms with Crippen LogP contribution in [0.4, 0.5) is 17.5 Å². The van der Waals surface area contributed by atoms with Crippen molar-refractivity contribution in [1.29, 1.82) is 0 Å². The van der Waals surface area contributed by atoms with E-state index in [0.29, 0.717) is 22.5 Å². The second kappa shape index (κ2) is 12.2. The Hall–Kier alpha value is -3.77. The second-order valence-corrected chi connectivity index (χ2v) is 11.8. The monoisotopic (exact) mass is 609 g/mol. The van der Waals surface area contributed by atoms with Crippen molar-refractivity contribution in [3.63, 3.8) is 0 Å². The van der Waals surface area contributed by atoms with Crippen molar-refractivity contribution >= 4 is 57.8 Å². The van der Waals surface area contributed by atoms with E-state index in [9.17, 15) is 9.59 Å². The zero-order valence-corrected chi connectivity index (χ0v) is 26.3. The maximum absolute atomic E-state index is 13.7. The smallest absolute Gasteiger partial charge is 0.281 e. The van der Waals surface area contributed by atoms with Gasteiger partial charge in [0.15, 0.2) is 5.69 Å². The molecule has 4 aromatic rings. The third-order valence-electron chi connectivity index (χ3n) is 7.64. The van der Waals surface area contributed by atoms with Gasteiger partial charge in [0.05, 0.1) is 34.9 Å². The summed E-state index contributed by atoms with van der Waals surface area (Å²) in [6, 6.07) is 9.31. The fourth-order valence-corrected chi connectivity index (χ4v) is 6.01. The molecule has 5 rings (SSSR count). The SMILES string of the molecule is CSNC(=O)c1nc(Cl)ccc1NC(C)c1cc(C)cc2c(=O)n(C)c(N3CCC(n4nccc4N(C)C)CC3)nc12. The molecule has 13 heteroatoms. The molecule has 3 aromatic heterocycles. The third-order valence-corrected chi connectivity index (χ3v) is 8.24. The molecule has 42 heavy (non-hydrogen) atoms. The number of nitrogens with zero attached hydrogens (tertiary/aromatic N) is 7. The molecule has 0 bridgehead atoms. The van der Waals surface area contributed by atoms with Crippen molar-refractivity contribution in [2.24, 2.45) is 7.05 Å². The zero-order valence-electron chi connectivity index (χ0n) is 24.7. The Morgan fingerprint density at radius 1 is 1.17 bits per heavy atom. The first kappa shape index (κ1) is 29.7. The number of rotatable bonds is 8.